The van der Waals surface area contributed by atoms with E-state index in [0.29, 0.717) is 38.2 Å². The number of carbonyl (C=O) groups is 2. The first-order valence-corrected chi connectivity index (χ1v) is 16.2. The smallest absolute Gasteiger partial charge is 0.257 e. The van der Waals surface area contributed by atoms with Gasteiger partial charge in [-0.25, -0.2) is 4.39 Å². The summed E-state index contributed by atoms with van der Waals surface area (Å²) in [5.74, 6) is -0.656. The van der Waals surface area contributed by atoms with E-state index in [2.05, 4.69) is 41.8 Å². The number of nitrogens with zero attached hydrogens (tertiary/aromatic N) is 1. The van der Waals surface area contributed by atoms with Gasteiger partial charge in [0.25, 0.3) is 5.91 Å². The molecular weight excluding hydrogens is 565 g/mol. The van der Waals surface area contributed by atoms with Crippen LogP contribution in [0, 0.1) is 19.7 Å². The quantitative estimate of drug-likeness (QED) is 0.0959. The van der Waals surface area contributed by atoms with Crippen LogP contribution in [0.5, 0.6) is 0 Å². The van der Waals surface area contributed by atoms with Crippen molar-refractivity contribution in [3.8, 4) is 11.1 Å². The molecule has 1 unspecified atom stereocenters. The Labute approximate surface area is 267 Å². The highest BCUT2D eigenvalue weighted by atomic mass is 19.1. The maximum absolute atomic E-state index is 15.6. The number of Topliss-reactive ketones (excluding diaryl/α,β-unsaturated/α-hetero) is 1. The number of rotatable bonds is 13. The van der Waals surface area contributed by atoms with Crippen molar-refractivity contribution < 1.29 is 18.7 Å². The summed E-state index contributed by atoms with van der Waals surface area (Å²) in [5.41, 5.74) is 10.1. The largest absolute Gasteiger partial charge is 0.382 e. The maximum Gasteiger partial charge on any atom is 0.257 e. The number of halogens is 1. The van der Waals surface area contributed by atoms with E-state index in [1.165, 1.54) is 6.92 Å². The Balaban J connectivity index is 1.59. The number of hydrogen-bond acceptors (Lipinski definition) is 5. The number of methoxy groups -OCH3 is 1. The number of nitrogens with one attached hydrogen (secondary N) is 2. The van der Waals surface area contributed by atoms with Gasteiger partial charge in [0.1, 0.15) is 11.9 Å². The van der Waals surface area contributed by atoms with E-state index in [1.54, 1.807) is 24.2 Å². The van der Waals surface area contributed by atoms with Crippen LogP contribution in [-0.4, -0.2) is 56.9 Å². The molecule has 2 N–H and O–H groups in total. The van der Waals surface area contributed by atoms with Gasteiger partial charge >= 0.3 is 0 Å². The average Bonchev–Trinajstić information content (AvgIpc) is 3.67. The van der Waals surface area contributed by atoms with Crippen LogP contribution in [-0.2, 0) is 27.2 Å². The average molecular weight is 612 g/mol. The first kappa shape index (κ1) is 32.6. The summed E-state index contributed by atoms with van der Waals surface area (Å²) in [6.07, 6.45) is 6.36. The Morgan fingerprint density at radius 2 is 1.73 bits per heavy atom. The van der Waals surface area contributed by atoms with Crippen LogP contribution in [0.25, 0.3) is 11.1 Å². The molecule has 3 aromatic carbocycles. The molecule has 0 radical (unpaired) electrons. The molecule has 0 spiro atoms. The molecule has 2 aliphatic rings. The van der Waals surface area contributed by atoms with Crippen LogP contribution in [0.1, 0.15) is 77.7 Å². The number of aryl methyl sites for hydroxylation is 1. The summed E-state index contributed by atoms with van der Waals surface area (Å²) in [7, 11) is 3.67. The number of amides is 1. The van der Waals surface area contributed by atoms with Crippen LogP contribution in [0.4, 0.5) is 10.1 Å². The summed E-state index contributed by atoms with van der Waals surface area (Å²) in [6.45, 7) is 8.44. The molecule has 1 atom stereocenters. The van der Waals surface area contributed by atoms with Crippen molar-refractivity contribution in [2.75, 3.05) is 45.7 Å². The Morgan fingerprint density at radius 1 is 1.00 bits per heavy atom. The maximum atomic E-state index is 15.6. The number of unbranched alkanes of at least 4 members (excludes halogenated alkanes) is 1. The minimum absolute atomic E-state index is 0.186. The summed E-state index contributed by atoms with van der Waals surface area (Å²) >= 11 is 0. The summed E-state index contributed by atoms with van der Waals surface area (Å²) in [6, 6.07) is 14.3. The zero-order valence-electron chi connectivity index (χ0n) is 27.3. The third kappa shape index (κ3) is 6.90. The molecule has 3 aromatic rings. The highest BCUT2D eigenvalue weighted by Gasteiger charge is 2.30. The standard InChI is InChI=1S/C38H46FN3O3/c1-24-20-35(39)36(41-17-9-8-16-40-4)32(25(24)2)22-28-23-34-33(30-12-6-7-13-31(30)37(34)45-5)21-27(28)14-15-29(26(3)43)38(44)42-18-10-11-19-42/h6-7,12-13,15,20-21,23,37,40-41H,8-11,14,16-19,22H2,1-5H3/b29-15+. The van der Waals surface area contributed by atoms with Gasteiger partial charge in [-0.15, -0.1) is 0 Å². The second-order valence-electron chi connectivity index (χ2n) is 12.4. The highest BCUT2D eigenvalue weighted by molar-refractivity contribution is 6.18. The Hall–Kier alpha value is -3.81. The lowest BCUT2D eigenvalue weighted by Crippen LogP contribution is -2.31. The van der Waals surface area contributed by atoms with Crippen molar-refractivity contribution in [3.05, 3.63) is 98.9 Å². The summed E-state index contributed by atoms with van der Waals surface area (Å²) < 4.78 is 21.6. The molecule has 0 bridgehead atoms. The zero-order valence-corrected chi connectivity index (χ0v) is 27.3. The van der Waals surface area contributed by atoms with Crippen LogP contribution in [0.2, 0.25) is 0 Å². The number of ketones is 1. The number of fused-ring (bicyclic) bond motifs is 3. The second-order valence-corrected chi connectivity index (χ2v) is 12.4. The van der Waals surface area contributed by atoms with E-state index >= 15 is 4.39 Å². The number of ether oxygens (including phenoxy) is 1. The zero-order chi connectivity index (χ0) is 32.1. The molecular formula is C38H46FN3O3. The van der Waals surface area contributed by atoms with Crippen molar-refractivity contribution in [1.82, 2.24) is 10.2 Å². The van der Waals surface area contributed by atoms with E-state index in [4.69, 9.17) is 4.74 Å². The SMILES string of the molecule is CNCCCCNc1c(F)cc(C)c(C)c1Cc1cc2c(cc1C/C=C(\C(C)=O)C(=O)N1CCCC1)-c1ccccc1C2OC. The fourth-order valence-corrected chi connectivity index (χ4v) is 6.77. The summed E-state index contributed by atoms with van der Waals surface area (Å²) in [4.78, 5) is 27.8. The molecule has 7 heteroatoms. The van der Waals surface area contributed by atoms with Gasteiger partial charge in [0.2, 0.25) is 0 Å². The molecule has 1 aliphatic heterocycles. The molecule has 5 rings (SSSR count). The van der Waals surface area contributed by atoms with Crippen LogP contribution < -0.4 is 10.6 Å². The molecule has 6 nitrogen and oxygen atoms in total. The Bertz CT molecular complexity index is 1610. The Morgan fingerprint density at radius 3 is 2.44 bits per heavy atom. The topological polar surface area (TPSA) is 70.7 Å². The van der Waals surface area contributed by atoms with Gasteiger partial charge < -0.3 is 20.3 Å². The molecule has 238 valence electrons. The van der Waals surface area contributed by atoms with Gasteiger partial charge in [-0.05, 0) is 123 Å². The van der Waals surface area contributed by atoms with E-state index in [9.17, 15) is 9.59 Å². The van der Waals surface area contributed by atoms with Crippen molar-refractivity contribution in [2.45, 2.75) is 65.4 Å². The molecule has 1 aliphatic carbocycles. The van der Waals surface area contributed by atoms with Crippen LogP contribution in [0.15, 0.2) is 54.1 Å². The fourth-order valence-electron chi connectivity index (χ4n) is 6.77. The van der Waals surface area contributed by atoms with E-state index < -0.39 is 0 Å². The monoisotopic (exact) mass is 611 g/mol. The Kier molecular flexibility index (Phi) is 10.5. The lowest BCUT2D eigenvalue weighted by Gasteiger charge is -2.21. The molecule has 0 aromatic heterocycles. The van der Waals surface area contributed by atoms with E-state index in [0.717, 1.165) is 82.3 Å². The van der Waals surface area contributed by atoms with Gasteiger partial charge in [0.15, 0.2) is 5.78 Å². The normalized spacial score (nSPS) is 15.7. The lowest BCUT2D eigenvalue weighted by atomic mass is 9.88. The molecule has 45 heavy (non-hydrogen) atoms. The van der Waals surface area contributed by atoms with Crippen LogP contribution in [0.3, 0.4) is 0 Å². The van der Waals surface area contributed by atoms with Crippen molar-refractivity contribution >= 4 is 17.4 Å². The van der Waals surface area contributed by atoms with E-state index in [1.807, 2.05) is 26.1 Å². The minimum atomic E-state index is -0.249. The number of carbonyl (C=O) groups excluding carboxylic acids is 2. The lowest BCUT2D eigenvalue weighted by molar-refractivity contribution is -0.128. The number of allylic oxidation sites excluding steroid dienone is 1. The number of likely N-dealkylation sites (tertiary alicyclic amines) is 1. The van der Waals surface area contributed by atoms with Gasteiger partial charge in [-0.1, -0.05) is 42.5 Å². The molecule has 1 saturated heterocycles. The van der Waals surface area contributed by atoms with Crippen molar-refractivity contribution in [2.24, 2.45) is 0 Å². The minimum Gasteiger partial charge on any atom is -0.382 e. The van der Waals surface area contributed by atoms with Gasteiger partial charge in [-0.3, -0.25) is 9.59 Å². The molecule has 1 fully saturated rings. The van der Waals surface area contributed by atoms with Gasteiger partial charge in [-0.2, -0.15) is 0 Å². The number of anilines is 1. The van der Waals surface area contributed by atoms with Gasteiger partial charge in [0, 0.05) is 33.2 Å². The molecule has 0 saturated carbocycles. The first-order chi connectivity index (χ1) is 21.7. The molecule has 1 heterocycles. The summed E-state index contributed by atoms with van der Waals surface area (Å²) in [5, 5.41) is 6.58. The third-order valence-electron chi connectivity index (χ3n) is 9.40. The predicted octanol–water partition coefficient (Wildman–Crippen LogP) is 6.84. The molecule has 1 amide bonds. The third-order valence-corrected chi connectivity index (χ3v) is 9.40. The second kappa shape index (κ2) is 14.5. The van der Waals surface area contributed by atoms with Crippen molar-refractivity contribution in [1.29, 1.82) is 0 Å². The number of hydrogen-bond donors (Lipinski definition) is 2. The predicted molar refractivity (Wildman–Crippen MR) is 179 cm³/mol. The van der Waals surface area contributed by atoms with Crippen molar-refractivity contribution in [3.63, 3.8) is 0 Å². The number of benzene rings is 3. The first-order valence-electron chi connectivity index (χ1n) is 16.2. The highest BCUT2D eigenvalue weighted by Crippen LogP contribution is 2.46. The fraction of sp³-hybridized carbons (Fsp3) is 0.421. The van der Waals surface area contributed by atoms with E-state index in [-0.39, 0.29) is 29.2 Å². The van der Waals surface area contributed by atoms with Gasteiger partial charge in [0.05, 0.1) is 11.3 Å². The van der Waals surface area contributed by atoms with Crippen LogP contribution >= 0.6 is 0 Å².